The zero-order chi connectivity index (χ0) is 17.2. The van der Waals surface area contributed by atoms with E-state index < -0.39 is 0 Å². The highest BCUT2D eigenvalue weighted by Crippen LogP contribution is 2.15. The molecular formula is C19H22N2O3. The number of amides is 2. The van der Waals surface area contributed by atoms with Crippen molar-refractivity contribution in [2.24, 2.45) is 0 Å². The predicted octanol–water partition coefficient (Wildman–Crippen LogP) is 2.20. The molecule has 5 nitrogen and oxygen atoms in total. The van der Waals surface area contributed by atoms with Crippen LogP contribution in [0.15, 0.2) is 54.6 Å². The van der Waals surface area contributed by atoms with E-state index in [4.69, 9.17) is 4.74 Å². The van der Waals surface area contributed by atoms with E-state index in [-0.39, 0.29) is 31.4 Å². The maximum absolute atomic E-state index is 11.7. The lowest BCUT2D eigenvalue weighted by molar-refractivity contribution is -0.123. The molecule has 2 aromatic carbocycles. The van der Waals surface area contributed by atoms with Gasteiger partial charge < -0.3 is 15.4 Å². The second-order valence-corrected chi connectivity index (χ2v) is 5.42. The van der Waals surface area contributed by atoms with E-state index in [1.54, 1.807) is 0 Å². The standard InChI is InChI=1S/C19H22N2O3/c1-15-7-5-6-10-17(15)24-14-19(23)20-12-11-18(22)21-13-16-8-3-2-4-9-16/h2-10H,11-14H2,1H3,(H,20,23)(H,21,22). The minimum absolute atomic E-state index is 0.0590. The first kappa shape index (κ1) is 17.5. The van der Waals surface area contributed by atoms with Crippen molar-refractivity contribution in [3.05, 3.63) is 65.7 Å². The van der Waals surface area contributed by atoms with Crippen LogP contribution in [0.5, 0.6) is 5.75 Å². The van der Waals surface area contributed by atoms with Crippen LogP contribution < -0.4 is 15.4 Å². The number of hydrogen-bond acceptors (Lipinski definition) is 3. The predicted molar refractivity (Wildman–Crippen MR) is 92.6 cm³/mol. The SMILES string of the molecule is Cc1ccccc1OCC(=O)NCCC(=O)NCc1ccccc1. The molecule has 0 saturated heterocycles. The van der Waals surface area contributed by atoms with Crippen LogP contribution in [0.2, 0.25) is 0 Å². The van der Waals surface area contributed by atoms with E-state index in [0.29, 0.717) is 12.3 Å². The number of carbonyl (C=O) groups excluding carboxylic acids is 2. The maximum atomic E-state index is 11.7. The van der Waals surface area contributed by atoms with Gasteiger partial charge in [-0.1, -0.05) is 48.5 Å². The topological polar surface area (TPSA) is 67.4 Å². The van der Waals surface area contributed by atoms with Crippen molar-refractivity contribution in [2.45, 2.75) is 19.9 Å². The van der Waals surface area contributed by atoms with Gasteiger partial charge in [0.25, 0.3) is 5.91 Å². The lowest BCUT2D eigenvalue weighted by Gasteiger charge is -2.09. The largest absolute Gasteiger partial charge is 0.484 e. The Kier molecular flexibility index (Phi) is 6.83. The van der Waals surface area contributed by atoms with Crippen LogP contribution in [0, 0.1) is 6.92 Å². The summed E-state index contributed by atoms with van der Waals surface area (Å²) in [4.78, 5) is 23.4. The van der Waals surface area contributed by atoms with Gasteiger partial charge in [0.15, 0.2) is 6.61 Å². The molecule has 2 N–H and O–H groups in total. The molecule has 0 aliphatic heterocycles. The Morgan fingerprint density at radius 1 is 0.917 bits per heavy atom. The normalized spacial score (nSPS) is 10.0. The molecule has 0 heterocycles. The summed E-state index contributed by atoms with van der Waals surface area (Å²) in [5.41, 5.74) is 2.02. The van der Waals surface area contributed by atoms with Crippen LogP contribution in [0.4, 0.5) is 0 Å². The third kappa shape index (κ3) is 6.12. The van der Waals surface area contributed by atoms with E-state index in [2.05, 4.69) is 10.6 Å². The number of aryl methyl sites for hydroxylation is 1. The molecule has 0 aromatic heterocycles. The van der Waals surface area contributed by atoms with Crippen molar-refractivity contribution in [1.82, 2.24) is 10.6 Å². The molecule has 2 aromatic rings. The number of nitrogens with one attached hydrogen (secondary N) is 2. The number of rotatable bonds is 8. The molecule has 24 heavy (non-hydrogen) atoms. The summed E-state index contributed by atoms with van der Waals surface area (Å²) in [5.74, 6) is 0.348. The Labute approximate surface area is 142 Å². The summed E-state index contributed by atoms with van der Waals surface area (Å²) < 4.78 is 5.45. The first-order valence-electron chi connectivity index (χ1n) is 7.91. The molecule has 126 valence electrons. The molecule has 0 aliphatic rings. The fourth-order valence-corrected chi connectivity index (χ4v) is 2.11. The van der Waals surface area contributed by atoms with E-state index in [1.165, 1.54) is 0 Å². The molecule has 2 amide bonds. The minimum Gasteiger partial charge on any atom is -0.484 e. The molecule has 0 spiro atoms. The highest BCUT2D eigenvalue weighted by atomic mass is 16.5. The Morgan fingerprint density at radius 2 is 1.62 bits per heavy atom. The Hall–Kier alpha value is -2.82. The van der Waals surface area contributed by atoms with E-state index in [9.17, 15) is 9.59 Å². The van der Waals surface area contributed by atoms with Gasteiger partial charge in [0.1, 0.15) is 5.75 Å². The van der Waals surface area contributed by atoms with Crippen molar-refractivity contribution in [3.8, 4) is 5.75 Å². The van der Waals surface area contributed by atoms with Crippen molar-refractivity contribution in [3.63, 3.8) is 0 Å². The molecule has 0 saturated carbocycles. The van der Waals surface area contributed by atoms with Gasteiger partial charge >= 0.3 is 0 Å². The van der Waals surface area contributed by atoms with Crippen LogP contribution in [0.1, 0.15) is 17.5 Å². The van der Waals surface area contributed by atoms with Crippen LogP contribution >= 0.6 is 0 Å². The van der Waals surface area contributed by atoms with E-state index in [1.807, 2.05) is 61.5 Å². The molecule has 0 atom stereocenters. The number of para-hydroxylation sites is 1. The summed E-state index contributed by atoms with van der Waals surface area (Å²) in [6, 6.07) is 17.2. The number of carbonyl (C=O) groups is 2. The molecule has 0 aliphatic carbocycles. The fourth-order valence-electron chi connectivity index (χ4n) is 2.11. The molecule has 0 bridgehead atoms. The smallest absolute Gasteiger partial charge is 0.257 e. The molecule has 0 fully saturated rings. The van der Waals surface area contributed by atoms with E-state index in [0.717, 1.165) is 11.1 Å². The number of ether oxygens (including phenoxy) is 1. The maximum Gasteiger partial charge on any atom is 0.257 e. The van der Waals surface area contributed by atoms with Crippen molar-refractivity contribution < 1.29 is 14.3 Å². The van der Waals surface area contributed by atoms with Crippen molar-refractivity contribution >= 4 is 11.8 Å². The number of hydrogen-bond donors (Lipinski definition) is 2. The lowest BCUT2D eigenvalue weighted by atomic mass is 10.2. The van der Waals surface area contributed by atoms with Gasteiger partial charge in [0.05, 0.1) is 0 Å². The summed E-state index contributed by atoms with van der Waals surface area (Å²) in [5, 5.41) is 5.49. The average molecular weight is 326 g/mol. The Balaban J connectivity index is 1.60. The summed E-state index contributed by atoms with van der Waals surface area (Å²) in [6.45, 7) is 2.64. The van der Waals surface area contributed by atoms with Crippen LogP contribution in [0.25, 0.3) is 0 Å². The summed E-state index contributed by atoms with van der Waals surface area (Å²) >= 11 is 0. The zero-order valence-electron chi connectivity index (χ0n) is 13.7. The van der Waals surface area contributed by atoms with Gasteiger partial charge in [0.2, 0.25) is 5.91 Å². The fraction of sp³-hybridized carbons (Fsp3) is 0.263. The molecule has 5 heteroatoms. The Bertz CT molecular complexity index is 671. The molecular weight excluding hydrogens is 304 g/mol. The number of benzene rings is 2. The quantitative estimate of drug-likeness (QED) is 0.781. The second kappa shape index (κ2) is 9.35. The minimum atomic E-state index is -0.242. The van der Waals surface area contributed by atoms with Gasteiger partial charge in [-0.25, -0.2) is 0 Å². The second-order valence-electron chi connectivity index (χ2n) is 5.42. The Morgan fingerprint density at radius 3 is 2.38 bits per heavy atom. The van der Waals surface area contributed by atoms with Gasteiger partial charge in [-0.15, -0.1) is 0 Å². The first-order chi connectivity index (χ1) is 11.6. The van der Waals surface area contributed by atoms with Gasteiger partial charge in [0, 0.05) is 19.5 Å². The third-order valence-electron chi connectivity index (χ3n) is 3.46. The monoisotopic (exact) mass is 326 g/mol. The van der Waals surface area contributed by atoms with Crippen molar-refractivity contribution in [1.29, 1.82) is 0 Å². The molecule has 0 unspecified atom stereocenters. The zero-order valence-corrected chi connectivity index (χ0v) is 13.7. The van der Waals surface area contributed by atoms with Gasteiger partial charge in [-0.05, 0) is 24.1 Å². The van der Waals surface area contributed by atoms with Crippen LogP contribution in [-0.2, 0) is 16.1 Å². The van der Waals surface area contributed by atoms with E-state index >= 15 is 0 Å². The first-order valence-corrected chi connectivity index (χ1v) is 7.91. The van der Waals surface area contributed by atoms with Crippen LogP contribution in [-0.4, -0.2) is 25.0 Å². The highest BCUT2D eigenvalue weighted by Gasteiger charge is 2.06. The third-order valence-corrected chi connectivity index (χ3v) is 3.46. The van der Waals surface area contributed by atoms with Gasteiger partial charge in [-0.3, -0.25) is 9.59 Å². The summed E-state index contributed by atoms with van der Waals surface area (Å²) in [7, 11) is 0. The average Bonchev–Trinajstić information content (AvgIpc) is 2.60. The highest BCUT2D eigenvalue weighted by molar-refractivity contribution is 5.79. The van der Waals surface area contributed by atoms with Crippen molar-refractivity contribution in [2.75, 3.05) is 13.2 Å². The molecule has 2 rings (SSSR count). The van der Waals surface area contributed by atoms with Crippen LogP contribution in [0.3, 0.4) is 0 Å². The molecule has 0 radical (unpaired) electrons. The summed E-state index contributed by atoms with van der Waals surface area (Å²) in [6.07, 6.45) is 0.239. The lowest BCUT2D eigenvalue weighted by Crippen LogP contribution is -2.33. The van der Waals surface area contributed by atoms with Gasteiger partial charge in [-0.2, -0.15) is 0 Å².